The number of benzene rings is 9. The Morgan fingerprint density at radius 2 is 1.21 bits per heavy atom. The average Bonchev–Trinajstić information content (AvgIpc) is 3.70. The highest BCUT2D eigenvalue weighted by molar-refractivity contribution is 6.16. The van der Waals surface area contributed by atoms with Gasteiger partial charge in [0, 0.05) is 49.6 Å². The van der Waals surface area contributed by atoms with Crippen LogP contribution in [-0.4, -0.2) is 4.57 Å². The standard InChI is InChI=1S/C53H35N3O2/c1-53(2)45-15-7-5-12-38(45)39-24-22-37(31-46(39)53)56-48-26-23-36(30-44(48)43-28-32-10-3-4-11-33(32)29-49(43)56)55(35-20-18-34(54-57)19-21-35)47-27-25-41-40-13-6-8-16-50(40)58-51-17-9-14-42(47)52(41)51/h3-31H,1-2H3. The molecule has 0 saturated heterocycles. The number of para-hydroxylation sites is 1. The fourth-order valence-electron chi connectivity index (χ4n) is 9.79. The highest BCUT2D eigenvalue weighted by Gasteiger charge is 2.35. The van der Waals surface area contributed by atoms with E-state index in [2.05, 4.69) is 162 Å². The van der Waals surface area contributed by atoms with Crippen molar-refractivity contribution < 1.29 is 4.74 Å². The van der Waals surface area contributed by atoms with Crippen LogP contribution in [0.15, 0.2) is 181 Å². The number of nitroso groups, excluding NO2 is 1. The summed E-state index contributed by atoms with van der Waals surface area (Å²) in [4.78, 5) is 13.9. The van der Waals surface area contributed by atoms with E-state index in [1.54, 1.807) is 12.1 Å². The summed E-state index contributed by atoms with van der Waals surface area (Å²) in [6.45, 7) is 4.68. The molecule has 274 valence electrons. The maximum Gasteiger partial charge on any atom is 0.135 e. The van der Waals surface area contributed by atoms with E-state index in [4.69, 9.17) is 4.74 Å². The molecule has 2 heterocycles. The molecule has 0 atom stereocenters. The number of aromatic nitrogens is 1. The van der Waals surface area contributed by atoms with Gasteiger partial charge in [0.25, 0.3) is 0 Å². The molecular weight excluding hydrogens is 711 g/mol. The Morgan fingerprint density at radius 3 is 2.05 bits per heavy atom. The third kappa shape index (κ3) is 4.58. The third-order valence-electron chi connectivity index (χ3n) is 12.5. The number of fused-ring (bicyclic) bond motifs is 9. The van der Waals surface area contributed by atoms with Crippen molar-refractivity contribution in [3.05, 3.63) is 192 Å². The fraction of sp³-hybridized carbons (Fsp3) is 0.0566. The number of nitrogens with zero attached hydrogens (tertiary/aromatic N) is 3. The molecule has 12 rings (SSSR count). The van der Waals surface area contributed by atoms with Gasteiger partial charge in [-0.1, -0.05) is 105 Å². The zero-order valence-electron chi connectivity index (χ0n) is 31.9. The van der Waals surface area contributed by atoms with E-state index in [0.29, 0.717) is 5.69 Å². The van der Waals surface area contributed by atoms with E-state index in [9.17, 15) is 4.91 Å². The van der Waals surface area contributed by atoms with Crippen LogP contribution in [0.2, 0.25) is 0 Å². The summed E-state index contributed by atoms with van der Waals surface area (Å²) in [6.07, 6.45) is 0. The average molecular weight is 746 g/mol. The summed E-state index contributed by atoms with van der Waals surface area (Å²) in [7, 11) is 0. The molecule has 10 aromatic rings. The lowest BCUT2D eigenvalue weighted by molar-refractivity contribution is 0.487. The molecule has 1 aliphatic carbocycles. The van der Waals surface area contributed by atoms with Crippen molar-refractivity contribution in [3.8, 4) is 39.4 Å². The Morgan fingerprint density at radius 1 is 0.517 bits per heavy atom. The summed E-state index contributed by atoms with van der Waals surface area (Å²) in [5.41, 5.74) is 14.1. The van der Waals surface area contributed by atoms with E-state index >= 15 is 0 Å². The highest BCUT2D eigenvalue weighted by Crippen LogP contribution is 2.52. The summed E-state index contributed by atoms with van der Waals surface area (Å²) in [5.74, 6) is 1.69. The van der Waals surface area contributed by atoms with Gasteiger partial charge in [0.2, 0.25) is 0 Å². The van der Waals surface area contributed by atoms with Crippen LogP contribution < -0.4 is 9.64 Å². The van der Waals surface area contributed by atoms with Gasteiger partial charge in [-0.25, -0.2) is 0 Å². The minimum absolute atomic E-state index is 0.123. The largest absolute Gasteiger partial charge is 0.456 e. The molecule has 0 spiro atoms. The predicted molar refractivity (Wildman–Crippen MR) is 239 cm³/mol. The quantitative estimate of drug-likeness (QED) is 0.165. The van der Waals surface area contributed by atoms with Crippen molar-refractivity contribution in [1.29, 1.82) is 0 Å². The highest BCUT2D eigenvalue weighted by atomic mass is 16.5. The van der Waals surface area contributed by atoms with E-state index in [1.165, 1.54) is 38.4 Å². The number of rotatable bonds is 5. The lowest BCUT2D eigenvalue weighted by Crippen LogP contribution is -2.15. The van der Waals surface area contributed by atoms with E-state index in [0.717, 1.165) is 72.6 Å². The number of ether oxygens (including phenoxy) is 1. The Kier molecular flexibility index (Phi) is 6.77. The first-order chi connectivity index (χ1) is 28.5. The van der Waals surface area contributed by atoms with Gasteiger partial charge in [0.05, 0.1) is 16.7 Å². The molecular formula is C53H35N3O2. The second-order valence-corrected chi connectivity index (χ2v) is 16.0. The topological polar surface area (TPSA) is 46.8 Å². The van der Waals surface area contributed by atoms with E-state index < -0.39 is 0 Å². The first-order valence-corrected chi connectivity index (χ1v) is 19.7. The fourth-order valence-corrected chi connectivity index (χ4v) is 9.79. The molecule has 0 radical (unpaired) electrons. The second kappa shape index (κ2) is 12.0. The molecule has 0 saturated carbocycles. The van der Waals surface area contributed by atoms with Crippen LogP contribution in [0.4, 0.5) is 22.7 Å². The molecule has 0 unspecified atom stereocenters. The first kappa shape index (κ1) is 32.7. The van der Waals surface area contributed by atoms with Gasteiger partial charge in [0.1, 0.15) is 17.2 Å². The predicted octanol–water partition coefficient (Wildman–Crippen LogP) is 15.0. The maximum atomic E-state index is 11.6. The molecule has 0 N–H and O–H groups in total. The van der Waals surface area contributed by atoms with Crippen LogP contribution in [0, 0.1) is 4.91 Å². The summed E-state index contributed by atoms with van der Waals surface area (Å²) in [6, 6.07) is 62.3. The molecule has 0 fully saturated rings. The lowest BCUT2D eigenvalue weighted by Gasteiger charge is -2.29. The maximum absolute atomic E-state index is 11.6. The minimum atomic E-state index is -0.123. The van der Waals surface area contributed by atoms with Crippen LogP contribution in [-0.2, 0) is 5.41 Å². The molecule has 9 aromatic carbocycles. The molecule has 2 aliphatic rings. The first-order valence-electron chi connectivity index (χ1n) is 19.7. The normalized spacial score (nSPS) is 13.3. The zero-order chi connectivity index (χ0) is 38.7. The number of hydrogen-bond acceptors (Lipinski definition) is 4. The Hall–Kier alpha value is -7.50. The van der Waals surface area contributed by atoms with Crippen molar-refractivity contribution in [2.75, 3.05) is 4.90 Å². The Bertz CT molecular complexity index is 3380. The van der Waals surface area contributed by atoms with Crippen molar-refractivity contribution >= 4 is 66.1 Å². The van der Waals surface area contributed by atoms with Gasteiger partial charge in [-0.2, -0.15) is 0 Å². The van der Waals surface area contributed by atoms with Crippen molar-refractivity contribution in [1.82, 2.24) is 4.57 Å². The van der Waals surface area contributed by atoms with Gasteiger partial charge in [0.15, 0.2) is 0 Å². The van der Waals surface area contributed by atoms with E-state index in [1.807, 2.05) is 30.3 Å². The van der Waals surface area contributed by atoms with E-state index in [-0.39, 0.29) is 5.41 Å². The van der Waals surface area contributed by atoms with Gasteiger partial charge in [-0.05, 0) is 129 Å². The SMILES string of the molecule is CC1(C)c2ccccc2-c2ccc(-n3c4ccc(N(c5ccc(N=O)cc5)c5ccc6c7c(cccc57)Oc5ccccc5-6)cc4c4cc5ccccc5cc43)cc21. The smallest absolute Gasteiger partial charge is 0.135 e. The van der Waals surface area contributed by atoms with Gasteiger partial charge in [-0.15, -0.1) is 4.91 Å². The van der Waals surface area contributed by atoms with Crippen LogP contribution in [0.5, 0.6) is 11.5 Å². The summed E-state index contributed by atoms with van der Waals surface area (Å²) < 4.78 is 8.94. The van der Waals surface area contributed by atoms with Crippen LogP contribution in [0.3, 0.4) is 0 Å². The number of hydrogen-bond donors (Lipinski definition) is 0. The Labute approximate surface area is 335 Å². The second-order valence-electron chi connectivity index (χ2n) is 16.0. The Balaban J connectivity index is 1.11. The monoisotopic (exact) mass is 745 g/mol. The minimum Gasteiger partial charge on any atom is -0.456 e. The van der Waals surface area contributed by atoms with Crippen LogP contribution in [0.25, 0.3) is 71.3 Å². The molecule has 0 bridgehead atoms. The van der Waals surface area contributed by atoms with Gasteiger partial charge < -0.3 is 14.2 Å². The molecule has 1 aliphatic heterocycles. The van der Waals surface area contributed by atoms with Crippen molar-refractivity contribution in [2.24, 2.45) is 5.18 Å². The third-order valence-corrected chi connectivity index (χ3v) is 12.5. The zero-order valence-corrected chi connectivity index (χ0v) is 31.9. The van der Waals surface area contributed by atoms with Crippen LogP contribution >= 0.6 is 0 Å². The lowest BCUT2D eigenvalue weighted by atomic mass is 9.82. The molecule has 1 aromatic heterocycles. The van der Waals surface area contributed by atoms with Gasteiger partial charge in [-0.3, -0.25) is 0 Å². The number of anilines is 3. The molecule has 58 heavy (non-hydrogen) atoms. The summed E-state index contributed by atoms with van der Waals surface area (Å²) >= 11 is 0. The summed E-state index contributed by atoms with van der Waals surface area (Å²) in [5, 5.41) is 10.1. The molecule has 5 heteroatoms. The van der Waals surface area contributed by atoms with Crippen molar-refractivity contribution in [3.63, 3.8) is 0 Å². The van der Waals surface area contributed by atoms with Gasteiger partial charge >= 0.3 is 0 Å². The molecule has 0 amide bonds. The molecule has 5 nitrogen and oxygen atoms in total. The van der Waals surface area contributed by atoms with Crippen LogP contribution in [0.1, 0.15) is 25.0 Å². The van der Waals surface area contributed by atoms with Crippen molar-refractivity contribution in [2.45, 2.75) is 19.3 Å².